The number of nitrogens with one attached hydrogen (secondary N) is 1. The van der Waals surface area contributed by atoms with Crippen molar-refractivity contribution in [3.63, 3.8) is 0 Å². The number of rotatable bonds is 3. The second kappa shape index (κ2) is 5.41. The predicted molar refractivity (Wildman–Crippen MR) is 80.5 cm³/mol. The molecule has 0 bridgehead atoms. The third-order valence-electron chi connectivity index (χ3n) is 2.56. The Morgan fingerprint density at radius 3 is 2.50 bits per heavy atom. The van der Waals surface area contributed by atoms with Gasteiger partial charge < -0.3 is 5.73 Å². The molecule has 0 aliphatic heterocycles. The highest BCUT2D eigenvalue weighted by atomic mass is 79.9. The lowest BCUT2D eigenvalue weighted by Crippen LogP contribution is -2.13. The zero-order chi connectivity index (χ0) is 14.9. The van der Waals surface area contributed by atoms with E-state index in [0.717, 1.165) is 11.6 Å². The molecule has 3 N–H and O–H groups in total. The van der Waals surface area contributed by atoms with E-state index < -0.39 is 15.8 Å². The summed E-state index contributed by atoms with van der Waals surface area (Å²) in [6.07, 6.45) is 0. The maximum absolute atomic E-state index is 13.4. The SMILES string of the molecule is Cc1cc(N)cc(S(=O)(=O)Nc2ccc(Br)c(F)c2)c1. The molecule has 7 heteroatoms. The molecule has 2 rings (SSSR count). The molecule has 2 aromatic carbocycles. The Bertz CT molecular complexity index is 743. The van der Waals surface area contributed by atoms with Crippen LogP contribution in [0.5, 0.6) is 0 Å². The number of hydrogen-bond acceptors (Lipinski definition) is 3. The smallest absolute Gasteiger partial charge is 0.261 e. The molecule has 0 heterocycles. The third kappa shape index (κ3) is 3.29. The Balaban J connectivity index is 2.37. The lowest BCUT2D eigenvalue weighted by Gasteiger charge is -2.10. The second-order valence-electron chi connectivity index (χ2n) is 4.31. The van der Waals surface area contributed by atoms with Crippen LogP contribution in [0.2, 0.25) is 0 Å². The number of halogens is 2. The van der Waals surface area contributed by atoms with E-state index in [9.17, 15) is 12.8 Å². The van der Waals surface area contributed by atoms with Crippen molar-refractivity contribution in [3.05, 3.63) is 52.3 Å². The second-order valence-corrected chi connectivity index (χ2v) is 6.85. The fraction of sp³-hybridized carbons (Fsp3) is 0.0769. The first-order valence-electron chi connectivity index (χ1n) is 5.63. The molecule has 0 amide bonds. The van der Waals surface area contributed by atoms with Crippen LogP contribution in [0.3, 0.4) is 0 Å². The summed E-state index contributed by atoms with van der Waals surface area (Å²) >= 11 is 3.00. The molecule has 4 nitrogen and oxygen atoms in total. The van der Waals surface area contributed by atoms with Crippen LogP contribution in [0.1, 0.15) is 5.56 Å². The number of hydrogen-bond donors (Lipinski definition) is 2. The van der Waals surface area contributed by atoms with Gasteiger partial charge in [0.1, 0.15) is 5.82 Å². The van der Waals surface area contributed by atoms with Crippen molar-refractivity contribution < 1.29 is 12.8 Å². The zero-order valence-electron chi connectivity index (χ0n) is 10.5. The van der Waals surface area contributed by atoms with Gasteiger partial charge in [0.2, 0.25) is 0 Å². The largest absolute Gasteiger partial charge is 0.399 e. The van der Waals surface area contributed by atoms with Gasteiger partial charge in [0.25, 0.3) is 10.0 Å². The van der Waals surface area contributed by atoms with Crippen LogP contribution in [0.15, 0.2) is 45.8 Å². The Labute approximate surface area is 125 Å². The highest BCUT2D eigenvalue weighted by Gasteiger charge is 2.15. The first-order chi connectivity index (χ1) is 9.28. The van der Waals surface area contributed by atoms with E-state index in [2.05, 4.69) is 20.7 Å². The monoisotopic (exact) mass is 358 g/mol. The van der Waals surface area contributed by atoms with Gasteiger partial charge in [0, 0.05) is 5.69 Å². The van der Waals surface area contributed by atoms with Crippen molar-refractivity contribution in [2.45, 2.75) is 11.8 Å². The zero-order valence-corrected chi connectivity index (χ0v) is 12.9. The maximum atomic E-state index is 13.4. The van der Waals surface area contributed by atoms with Crippen LogP contribution in [0, 0.1) is 12.7 Å². The molecule has 0 fully saturated rings. The van der Waals surface area contributed by atoms with Gasteiger partial charge in [-0.15, -0.1) is 0 Å². The van der Waals surface area contributed by atoms with Gasteiger partial charge in [0.05, 0.1) is 15.1 Å². The number of nitrogen functional groups attached to an aromatic ring is 1. The standard InChI is InChI=1S/C13H12BrFN2O2S/c1-8-4-9(16)6-11(5-8)20(18,19)17-10-2-3-12(14)13(15)7-10/h2-7,17H,16H2,1H3. The average molecular weight is 359 g/mol. The lowest BCUT2D eigenvalue weighted by atomic mass is 10.2. The Hall–Kier alpha value is -1.60. The molecule has 0 unspecified atom stereocenters. The fourth-order valence-electron chi connectivity index (χ4n) is 1.71. The quantitative estimate of drug-likeness (QED) is 0.827. The fourth-order valence-corrected chi connectivity index (χ4v) is 3.14. The molecule has 106 valence electrons. The normalized spacial score (nSPS) is 11.3. The van der Waals surface area contributed by atoms with E-state index >= 15 is 0 Å². The van der Waals surface area contributed by atoms with E-state index in [1.54, 1.807) is 13.0 Å². The number of sulfonamides is 1. The number of aryl methyl sites for hydroxylation is 1. The van der Waals surface area contributed by atoms with Crippen molar-refractivity contribution in [3.8, 4) is 0 Å². The molecule has 0 aromatic heterocycles. The highest BCUT2D eigenvalue weighted by molar-refractivity contribution is 9.10. The summed E-state index contributed by atoms with van der Waals surface area (Å²) in [5.74, 6) is -0.547. The van der Waals surface area contributed by atoms with Gasteiger partial charge in [-0.05, 0) is 64.8 Å². The van der Waals surface area contributed by atoms with Crippen LogP contribution in [-0.2, 0) is 10.0 Å². The molecule has 0 radical (unpaired) electrons. The molecule has 0 aliphatic carbocycles. The minimum Gasteiger partial charge on any atom is -0.399 e. The topological polar surface area (TPSA) is 72.2 Å². The van der Waals surface area contributed by atoms with Gasteiger partial charge in [0.15, 0.2) is 0 Å². The summed E-state index contributed by atoms with van der Waals surface area (Å²) in [6, 6.07) is 8.50. The molecular weight excluding hydrogens is 347 g/mol. The first kappa shape index (κ1) is 14.8. The molecule has 20 heavy (non-hydrogen) atoms. The van der Waals surface area contributed by atoms with Crippen molar-refractivity contribution >= 4 is 37.3 Å². The number of nitrogens with two attached hydrogens (primary N) is 1. The van der Waals surface area contributed by atoms with Crippen molar-refractivity contribution in [2.24, 2.45) is 0 Å². The first-order valence-corrected chi connectivity index (χ1v) is 7.90. The van der Waals surface area contributed by atoms with E-state index in [0.29, 0.717) is 5.69 Å². The van der Waals surface area contributed by atoms with E-state index in [4.69, 9.17) is 5.73 Å². The van der Waals surface area contributed by atoms with Crippen LogP contribution in [0.25, 0.3) is 0 Å². The average Bonchev–Trinajstić information content (AvgIpc) is 2.32. The van der Waals surface area contributed by atoms with E-state index in [1.165, 1.54) is 24.3 Å². The lowest BCUT2D eigenvalue weighted by molar-refractivity contribution is 0.601. The van der Waals surface area contributed by atoms with Crippen molar-refractivity contribution in [2.75, 3.05) is 10.5 Å². The molecule has 0 atom stereocenters. The van der Waals surface area contributed by atoms with Gasteiger partial charge >= 0.3 is 0 Å². The molecular formula is C13H12BrFN2O2S. The minimum atomic E-state index is -3.80. The van der Waals surface area contributed by atoms with Gasteiger partial charge in [-0.2, -0.15) is 0 Å². The van der Waals surface area contributed by atoms with Crippen LogP contribution >= 0.6 is 15.9 Å². The summed E-state index contributed by atoms with van der Waals surface area (Å²) in [5.41, 5.74) is 6.86. The van der Waals surface area contributed by atoms with Gasteiger partial charge in [-0.25, -0.2) is 12.8 Å². The van der Waals surface area contributed by atoms with Gasteiger partial charge in [-0.3, -0.25) is 4.72 Å². The third-order valence-corrected chi connectivity index (χ3v) is 4.56. The summed E-state index contributed by atoms with van der Waals surface area (Å²) in [4.78, 5) is 0.0401. The maximum Gasteiger partial charge on any atom is 0.261 e. The number of benzene rings is 2. The molecule has 2 aromatic rings. The van der Waals surface area contributed by atoms with E-state index in [1.807, 2.05) is 0 Å². The Morgan fingerprint density at radius 2 is 1.90 bits per heavy atom. The number of anilines is 2. The Kier molecular flexibility index (Phi) is 4.01. The summed E-state index contributed by atoms with van der Waals surface area (Å²) < 4.78 is 40.4. The molecule has 0 spiro atoms. The Morgan fingerprint density at radius 1 is 1.20 bits per heavy atom. The summed E-state index contributed by atoms with van der Waals surface area (Å²) in [7, 11) is -3.80. The van der Waals surface area contributed by atoms with Crippen molar-refractivity contribution in [1.29, 1.82) is 0 Å². The minimum absolute atomic E-state index is 0.0401. The molecule has 0 aliphatic rings. The van der Waals surface area contributed by atoms with Crippen LogP contribution < -0.4 is 10.5 Å². The summed E-state index contributed by atoms with van der Waals surface area (Å²) in [5, 5.41) is 0. The van der Waals surface area contributed by atoms with Gasteiger partial charge in [-0.1, -0.05) is 0 Å². The van der Waals surface area contributed by atoms with E-state index in [-0.39, 0.29) is 15.1 Å². The highest BCUT2D eigenvalue weighted by Crippen LogP contribution is 2.23. The molecule has 0 saturated carbocycles. The summed E-state index contributed by atoms with van der Waals surface area (Å²) in [6.45, 7) is 1.74. The predicted octanol–water partition coefficient (Wildman–Crippen LogP) is 3.28. The molecule has 0 saturated heterocycles. The van der Waals surface area contributed by atoms with Crippen LogP contribution in [-0.4, -0.2) is 8.42 Å². The van der Waals surface area contributed by atoms with Crippen molar-refractivity contribution in [1.82, 2.24) is 0 Å². The van der Waals surface area contributed by atoms with Crippen LogP contribution in [0.4, 0.5) is 15.8 Å².